The lowest BCUT2D eigenvalue weighted by Gasteiger charge is -2.03. The molecular formula is C18H15N3O4. The number of ketones is 1. The van der Waals surface area contributed by atoms with Crippen molar-refractivity contribution in [3.63, 3.8) is 0 Å². The minimum Gasteiger partial charge on any atom is -0.507 e. The highest BCUT2D eigenvalue weighted by atomic mass is 16.3. The number of hydrogen-bond acceptors (Lipinski definition) is 5. The number of carbonyl (C=O) groups excluding carboxylic acids is 2. The van der Waals surface area contributed by atoms with E-state index >= 15 is 0 Å². The molecule has 2 rings (SSSR count). The van der Waals surface area contributed by atoms with Gasteiger partial charge in [0, 0.05) is 11.3 Å². The molecule has 2 aromatic rings. The van der Waals surface area contributed by atoms with Crippen LogP contribution in [0.3, 0.4) is 0 Å². The molecule has 0 radical (unpaired) electrons. The molecule has 7 heteroatoms. The maximum atomic E-state index is 12.1. The lowest BCUT2D eigenvalue weighted by Crippen LogP contribution is -2.23. The van der Waals surface area contributed by atoms with Gasteiger partial charge in [0.1, 0.15) is 17.9 Å². The maximum absolute atomic E-state index is 12.1. The molecule has 0 saturated carbocycles. The van der Waals surface area contributed by atoms with E-state index in [0.29, 0.717) is 16.8 Å². The summed E-state index contributed by atoms with van der Waals surface area (Å²) in [5, 5.41) is 20.7. The molecule has 0 unspecified atom stereocenters. The Balaban J connectivity index is 2.23. The Morgan fingerprint density at radius 2 is 2.12 bits per heavy atom. The number of amides is 1. The second-order valence-corrected chi connectivity index (χ2v) is 5.21. The summed E-state index contributed by atoms with van der Waals surface area (Å²) in [5.74, 6) is -1.45. The lowest BCUT2D eigenvalue weighted by atomic mass is 10.1. The first-order chi connectivity index (χ1) is 11.9. The summed E-state index contributed by atoms with van der Waals surface area (Å²) in [7, 11) is 0. The second kappa shape index (κ2) is 7.75. The van der Waals surface area contributed by atoms with E-state index in [0.717, 1.165) is 6.08 Å². The summed E-state index contributed by atoms with van der Waals surface area (Å²) in [5.41, 5.74) is 0.322. The standard InChI is InChI=1S/C18H15N3O4/c1-11-9-15(23)16(18(25)21-11)14(22)6-5-12-3-2-4-13(10-12)17(24)20-8-7-19/h2-6,9-10H,8H2,1H3,(H,20,24)(H2,21,23,25). The Bertz CT molecular complexity index is 952. The lowest BCUT2D eigenvalue weighted by molar-refractivity contribution is 0.0957. The van der Waals surface area contributed by atoms with Crippen LogP contribution in [0.5, 0.6) is 5.75 Å². The van der Waals surface area contributed by atoms with E-state index in [4.69, 9.17) is 5.26 Å². The van der Waals surface area contributed by atoms with Gasteiger partial charge in [-0.25, -0.2) is 0 Å². The molecule has 1 aromatic heterocycles. The van der Waals surface area contributed by atoms with E-state index in [9.17, 15) is 19.5 Å². The summed E-state index contributed by atoms with van der Waals surface area (Å²) < 4.78 is 0. The number of nitrogens with zero attached hydrogens (tertiary/aromatic N) is 1. The van der Waals surface area contributed by atoms with Crippen LogP contribution in [-0.4, -0.2) is 28.3 Å². The van der Waals surface area contributed by atoms with Gasteiger partial charge in [0.15, 0.2) is 5.78 Å². The van der Waals surface area contributed by atoms with Crippen LogP contribution in [0, 0.1) is 18.3 Å². The number of aromatic hydroxyl groups is 1. The number of carbonyl (C=O) groups is 2. The van der Waals surface area contributed by atoms with Crippen LogP contribution < -0.4 is 10.9 Å². The van der Waals surface area contributed by atoms with Gasteiger partial charge in [0.25, 0.3) is 11.5 Å². The van der Waals surface area contributed by atoms with E-state index in [1.165, 1.54) is 18.2 Å². The maximum Gasteiger partial charge on any atom is 0.263 e. The number of nitriles is 1. The first kappa shape index (κ1) is 17.7. The number of pyridine rings is 1. The normalized spacial score (nSPS) is 10.4. The summed E-state index contributed by atoms with van der Waals surface area (Å²) in [4.78, 5) is 38.2. The van der Waals surface area contributed by atoms with Crippen LogP contribution >= 0.6 is 0 Å². The van der Waals surface area contributed by atoms with Crippen molar-refractivity contribution in [1.82, 2.24) is 10.3 Å². The van der Waals surface area contributed by atoms with Crippen molar-refractivity contribution >= 4 is 17.8 Å². The predicted molar refractivity (Wildman–Crippen MR) is 91.2 cm³/mol. The first-order valence-electron chi connectivity index (χ1n) is 7.33. The molecule has 0 aliphatic rings. The first-order valence-corrected chi connectivity index (χ1v) is 7.33. The minimum atomic E-state index is -0.670. The number of H-pyrrole nitrogens is 1. The molecule has 0 atom stereocenters. The predicted octanol–water partition coefficient (Wildman–Crippen LogP) is 1.54. The SMILES string of the molecule is Cc1cc(O)c(C(=O)C=Cc2cccc(C(=O)NCC#N)c2)c(=O)[nH]1. The summed E-state index contributed by atoms with van der Waals surface area (Å²) in [6, 6.07) is 9.51. The van der Waals surface area contributed by atoms with Gasteiger partial charge in [0.05, 0.1) is 6.07 Å². The molecule has 7 nitrogen and oxygen atoms in total. The number of rotatable bonds is 5. The zero-order chi connectivity index (χ0) is 18.4. The zero-order valence-electron chi connectivity index (χ0n) is 13.4. The molecule has 0 aliphatic carbocycles. The Labute approximate surface area is 143 Å². The van der Waals surface area contributed by atoms with Crippen LogP contribution in [0.4, 0.5) is 0 Å². The average molecular weight is 337 g/mol. The van der Waals surface area contributed by atoms with Gasteiger partial charge in [-0.05, 0) is 36.8 Å². The Kier molecular flexibility index (Phi) is 5.48. The van der Waals surface area contributed by atoms with Crippen LogP contribution in [0.2, 0.25) is 0 Å². The number of benzene rings is 1. The largest absolute Gasteiger partial charge is 0.507 e. The van der Waals surface area contributed by atoms with Gasteiger partial charge in [0.2, 0.25) is 0 Å². The van der Waals surface area contributed by atoms with E-state index in [1.807, 2.05) is 6.07 Å². The van der Waals surface area contributed by atoms with Crippen molar-refractivity contribution in [3.05, 3.63) is 69.1 Å². The van der Waals surface area contributed by atoms with Gasteiger partial charge < -0.3 is 15.4 Å². The van der Waals surface area contributed by atoms with Crippen molar-refractivity contribution in [2.24, 2.45) is 0 Å². The fourth-order valence-electron chi connectivity index (χ4n) is 2.17. The van der Waals surface area contributed by atoms with Gasteiger partial charge in [-0.2, -0.15) is 5.26 Å². The van der Waals surface area contributed by atoms with Crippen molar-refractivity contribution in [3.8, 4) is 11.8 Å². The molecule has 1 heterocycles. The molecule has 0 aliphatic heterocycles. The second-order valence-electron chi connectivity index (χ2n) is 5.21. The number of aryl methyl sites for hydroxylation is 1. The third-order valence-electron chi connectivity index (χ3n) is 3.30. The van der Waals surface area contributed by atoms with Gasteiger partial charge in [-0.3, -0.25) is 14.4 Å². The Hall–Kier alpha value is -3.66. The van der Waals surface area contributed by atoms with E-state index in [-0.39, 0.29) is 17.9 Å². The Morgan fingerprint density at radius 1 is 1.36 bits per heavy atom. The highest BCUT2D eigenvalue weighted by molar-refractivity contribution is 6.08. The molecule has 1 amide bonds. The molecule has 1 aromatic carbocycles. The highest BCUT2D eigenvalue weighted by Gasteiger charge is 2.14. The monoisotopic (exact) mass is 337 g/mol. The fourth-order valence-corrected chi connectivity index (χ4v) is 2.17. The van der Waals surface area contributed by atoms with E-state index in [1.54, 1.807) is 25.1 Å². The van der Waals surface area contributed by atoms with Crippen LogP contribution in [-0.2, 0) is 0 Å². The third-order valence-corrected chi connectivity index (χ3v) is 3.30. The number of nitrogens with one attached hydrogen (secondary N) is 2. The fraction of sp³-hybridized carbons (Fsp3) is 0.111. The van der Waals surface area contributed by atoms with Crippen molar-refractivity contribution in [2.75, 3.05) is 6.54 Å². The quantitative estimate of drug-likeness (QED) is 0.434. The van der Waals surface area contributed by atoms with Crippen molar-refractivity contribution < 1.29 is 14.7 Å². The number of aromatic amines is 1. The minimum absolute atomic E-state index is 0.104. The average Bonchev–Trinajstić information content (AvgIpc) is 2.57. The van der Waals surface area contributed by atoms with Crippen LogP contribution in [0.15, 0.2) is 41.2 Å². The molecular weight excluding hydrogens is 322 g/mol. The van der Waals surface area contributed by atoms with Gasteiger partial charge >= 0.3 is 0 Å². The molecule has 0 fully saturated rings. The molecule has 126 valence electrons. The van der Waals surface area contributed by atoms with E-state index < -0.39 is 17.2 Å². The molecule has 25 heavy (non-hydrogen) atoms. The number of aromatic nitrogens is 1. The summed E-state index contributed by atoms with van der Waals surface area (Å²) in [6.45, 7) is 1.49. The number of hydrogen-bond donors (Lipinski definition) is 3. The molecule has 3 N–H and O–H groups in total. The van der Waals surface area contributed by atoms with E-state index in [2.05, 4.69) is 10.3 Å². The molecule has 0 bridgehead atoms. The van der Waals surface area contributed by atoms with Crippen LogP contribution in [0.25, 0.3) is 6.08 Å². The van der Waals surface area contributed by atoms with Crippen LogP contribution in [0.1, 0.15) is 32.0 Å². The summed E-state index contributed by atoms with van der Waals surface area (Å²) >= 11 is 0. The molecule has 0 spiro atoms. The van der Waals surface area contributed by atoms with Gasteiger partial charge in [-0.1, -0.05) is 18.2 Å². The topological polar surface area (TPSA) is 123 Å². The smallest absolute Gasteiger partial charge is 0.263 e. The van der Waals surface area contributed by atoms with Crippen molar-refractivity contribution in [1.29, 1.82) is 5.26 Å². The number of allylic oxidation sites excluding steroid dienone is 1. The Morgan fingerprint density at radius 3 is 2.80 bits per heavy atom. The molecule has 0 saturated heterocycles. The van der Waals surface area contributed by atoms with Crippen molar-refractivity contribution in [2.45, 2.75) is 6.92 Å². The zero-order valence-corrected chi connectivity index (χ0v) is 13.4. The van der Waals surface area contributed by atoms with Gasteiger partial charge in [-0.15, -0.1) is 0 Å². The highest BCUT2D eigenvalue weighted by Crippen LogP contribution is 2.15. The summed E-state index contributed by atoms with van der Waals surface area (Å²) in [6.07, 6.45) is 2.58. The third kappa shape index (κ3) is 4.42.